The maximum absolute atomic E-state index is 11.2. The fraction of sp³-hybridized carbons (Fsp3) is 0.545. The maximum atomic E-state index is 11.2. The lowest BCUT2D eigenvalue weighted by molar-refractivity contribution is -0.385. The Kier molecular flexibility index (Phi) is 3.32. The van der Waals surface area contributed by atoms with Crippen LogP contribution in [0.4, 0.5) is 11.6 Å². The fourth-order valence-corrected chi connectivity index (χ4v) is 2.16. The number of anilines is 1. The molecule has 2 heterocycles. The summed E-state index contributed by atoms with van der Waals surface area (Å²) < 4.78 is 0. The SMILES string of the molecule is CC1(C(=O)O)CCCN(c2ncc([N+](=O)[O-])cn2)C1. The Morgan fingerprint density at radius 1 is 1.53 bits per heavy atom. The Morgan fingerprint density at radius 2 is 2.16 bits per heavy atom. The van der Waals surface area contributed by atoms with Gasteiger partial charge < -0.3 is 10.0 Å². The third-order valence-corrected chi connectivity index (χ3v) is 3.33. The third-order valence-electron chi connectivity index (χ3n) is 3.33. The first-order valence-electron chi connectivity index (χ1n) is 5.87. The van der Waals surface area contributed by atoms with E-state index < -0.39 is 16.3 Å². The zero-order chi connectivity index (χ0) is 14.0. The Hall–Kier alpha value is -2.25. The molecule has 1 aliphatic rings. The average Bonchev–Trinajstić information content (AvgIpc) is 2.39. The summed E-state index contributed by atoms with van der Waals surface area (Å²) in [6.45, 7) is 2.65. The highest BCUT2D eigenvalue weighted by Gasteiger charge is 2.38. The molecule has 0 aliphatic carbocycles. The number of piperidine rings is 1. The summed E-state index contributed by atoms with van der Waals surface area (Å²) in [5, 5.41) is 19.7. The highest BCUT2D eigenvalue weighted by atomic mass is 16.6. The van der Waals surface area contributed by atoms with Crippen molar-refractivity contribution in [2.45, 2.75) is 19.8 Å². The zero-order valence-electron chi connectivity index (χ0n) is 10.4. The predicted molar refractivity (Wildman–Crippen MR) is 65.9 cm³/mol. The number of carboxylic acids is 1. The van der Waals surface area contributed by atoms with Crippen LogP contribution in [0.25, 0.3) is 0 Å². The minimum absolute atomic E-state index is 0.179. The number of carboxylic acid groups (broad SMARTS) is 1. The van der Waals surface area contributed by atoms with Gasteiger partial charge in [0.2, 0.25) is 5.95 Å². The molecule has 19 heavy (non-hydrogen) atoms. The van der Waals surface area contributed by atoms with Crippen LogP contribution in [0.1, 0.15) is 19.8 Å². The number of hydrogen-bond donors (Lipinski definition) is 1. The monoisotopic (exact) mass is 266 g/mol. The minimum atomic E-state index is -0.848. The van der Waals surface area contributed by atoms with Gasteiger partial charge in [0.05, 0.1) is 10.3 Å². The largest absolute Gasteiger partial charge is 0.481 e. The van der Waals surface area contributed by atoms with Crippen molar-refractivity contribution in [1.29, 1.82) is 0 Å². The molecule has 0 amide bonds. The maximum Gasteiger partial charge on any atom is 0.311 e. The first kappa shape index (κ1) is 13.2. The molecule has 1 aromatic rings. The van der Waals surface area contributed by atoms with Gasteiger partial charge in [0.25, 0.3) is 0 Å². The summed E-state index contributed by atoms with van der Waals surface area (Å²) in [4.78, 5) is 30.8. The van der Waals surface area contributed by atoms with E-state index in [0.717, 1.165) is 18.8 Å². The molecule has 2 rings (SSSR count). The molecule has 0 aromatic carbocycles. The molecule has 0 saturated carbocycles. The van der Waals surface area contributed by atoms with Crippen LogP contribution in [-0.4, -0.2) is 39.1 Å². The normalized spacial score (nSPS) is 23.1. The van der Waals surface area contributed by atoms with E-state index in [1.807, 2.05) is 0 Å². The van der Waals surface area contributed by atoms with Crippen LogP contribution in [0.3, 0.4) is 0 Å². The van der Waals surface area contributed by atoms with Gasteiger partial charge >= 0.3 is 11.7 Å². The number of aromatic nitrogens is 2. The molecule has 0 spiro atoms. The first-order chi connectivity index (χ1) is 8.92. The fourth-order valence-electron chi connectivity index (χ4n) is 2.16. The number of nitrogens with zero attached hydrogens (tertiary/aromatic N) is 4. The van der Waals surface area contributed by atoms with Crippen LogP contribution >= 0.6 is 0 Å². The van der Waals surface area contributed by atoms with E-state index in [-0.39, 0.29) is 5.69 Å². The van der Waals surface area contributed by atoms with Crippen LogP contribution in [0.15, 0.2) is 12.4 Å². The standard InChI is InChI=1S/C11H14N4O4/c1-11(9(16)17)3-2-4-14(7-11)10-12-5-8(6-13-10)15(18)19/h5-6H,2-4,7H2,1H3,(H,16,17). The van der Waals surface area contributed by atoms with E-state index in [1.165, 1.54) is 0 Å². The summed E-state index contributed by atoms with van der Waals surface area (Å²) >= 11 is 0. The molecule has 1 N–H and O–H groups in total. The van der Waals surface area contributed by atoms with E-state index in [9.17, 15) is 20.0 Å². The van der Waals surface area contributed by atoms with Crippen LogP contribution in [0.2, 0.25) is 0 Å². The van der Waals surface area contributed by atoms with Gasteiger partial charge in [0.1, 0.15) is 12.4 Å². The summed E-state index contributed by atoms with van der Waals surface area (Å²) in [7, 11) is 0. The third kappa shape index (κ3) is 2.61. The van der Waals surface area contributed by atoms with E-state index in [0.29, 0.717) is 25.5 Å². The Balaban J connectivity index is 2.17. The molecule has 0 bridgehead atoms. The molecular formula is C11H14N4O4. The topological polar surface area (TPSA) is 109 Å². The van der Waals surface area contributed by atoms with Gasteiger partial charge in [0.15, 0.2) is 0 Å². The van der Waals surface area contributed by atoms with Crippen LogP contribution < -0.4 is 4.90 Å². The van der Waals surface area contributed by atoms with Crippen LogP contribution in [0, 0.1) is 15.5 Å². The molecule has 102 valence electrons. The number of aliphatic carboxylic acids is 1. The summed E-state index contributed by atoms with van der Waals surface area (Å²) in [6, 6.07) is 0. The lowest BCUT2D eigenvalue weighted by atomic mass is 9.82. The molecule has 1 saturated heterocycles. The second kappa shape index (κ2) is 4.79. The second-order valence-corrected chi connectivity index (χ2v) is 4.89. The highest BCUT2D eigenvalue weighted by Crippen LogP contribution is 2.31. The molecule has 1 atom stereocenters. The Morgan fingerprint density at radius 3 is 2.68 bits per heavy atom. The molecule has 1 fully saturated rings. The summed E-state index contributed by atoms with van der Waals surface area (Å²) in [5.74, 6) is -0.517. The van der Waals surface area contributed by atoms with E-state index in [4.69, 9.17) is 0 Å². The lowest BCUT2D eigenvalue weighted by Crippen LogP contribution is -2.46. The van der Waals surface area contributed by atoms with Gasteiger partial charge in [-0.2, -0.15) is 0 Å². The Labute approximate surface area is 109 Å². The van der Waals surface area contributed by atoms with Crippen molar-refractivity contribution in [1.82, 2.24) is 9.97 Å². The zero-order valence-corrected chi connectivity index (χ0v) is 10.4. The molecule has 1 unspecified atom stereocenters. The first-order valence-corrected chi connectivity index (χ1v) is 5.87. The predicted octanol–water partition coefficient (Wildman–Crippen LogP) is 1.08. The van der Waals surface area contributed by atoms with E-state index >= 15 is 0 Å². The summed E-state index contributed by atoms with van der Waals surface area (Å²) in [5.41, 5.74) is -1.01. The van der Waals surface area contributed by atoms with Crippen molar-refractivity contribution in [2.24, 2.45) is 5.41 Å². The van der Waals surface area contributed by atoms with Gasteiger partial charge in [-0.1, -0.05) is 0 Å². The number of nitro groups is 1. The van der Waals surface area contributed by atoms with Gasteiger partial charge in [-0.15, -0.1) is 0 Å². The molecule has 1 aliphatic heterocycles. The van der Waals surface area contributed by atoms with Gasteiger partial charge in [-0.3, -0.25) is 14.9 Å². The quantitative estimate of drug-likeness (QED) is 0.643. The molecule has 8 heteroatoms. The number of carbonyl (C=O) groups is 1. The number of rotatable bonds is 3. The second-order valence-electron chi connectivity index (χ2n) is 4.89. The molecule has 0 radical (unpaired) electrons. The number of hydrogen-bond acceptors (Lipinski definition) is 6. The van der Waals surface area contributed by atoms with Crippen molar-refractivity contribution in [2.75, 3.05) is 18.0 Å². The molecular weight excluding hydrogens is 252 g/mol. The highest BCUT2D eigenvalue weighted by molar-refractivity contribution is 5.75. The van der Waals surface area contributed by atoms with Gasteiger partial charge in [-0.05, 0) is 19.8 Å². The van der Waals surface area contributed by atoms with Gasteiger partial charge in [0, 0.05) is 13.1 Å². The lowest BCUT2D eigenvalue weighted by Gasteiger charge is -2.37. The summed E-state index contributed by atoms with van der Waals surface area (Å²) in [6.07, 6.45) is 3.60. The Bertz CT molecular complexity index is 504. The molecule has 1 aromatic heterocycles. The van der Waals surface area contributed by atoms with Crippen molar-refractivity contribution < 1.29 is 14.8 Å². The van der Waals surface area contributed by atoms with Crippen molar-refractivity contribution in [3.05, 3.63) is 22.5 Å². The van der Waals surface area contributed by atoms with Crippen molar-refractivity contribution in [3.63, 3.8) is 0 Å². The average molecular weight is 266 g/mol. The van der Waals surface area contributed by atoms with Crippen LogP contribution in [0.5, 0.6) is 0 Å². The van der Waals surface area contributed by atoms with E-state index in [2.05, 4.69) is 9.97 Å². The van der Waals surface area contributed by atoms with Crippen LogP contribution in [-0.2, 0) is 4.79 Å². The van der Waals surface area contributed by atoms with Gasteiger partial charge in [-0.25, -0.2) is 9.97 Å². The van der Waals surface area contributed by atoms with Crippen molar-refractivity contribution in [3.8, 4) is 0 Å². The smallest absolute Gasteiger partial charge is 0.311 e. The van der Waals surface area contributed by atoms with Crippen molar-refractivity contribution >= 4 is 17.6 Å². The van der Waals surface area contributed by atoms with E-state index in [1.54, 1.807) is 11.8 Å². The molecule has 8 nitrogen and oxygen atoms in total. The minimum Gasteiger partial charge on any atom is -0.481 e.